The van der Waals surface area contributed by atoms with Gasteiger partial charge < -0.3 is 30.7 Å². The number of likely N-dealkylation sites (tertiary alicyclic amines) is 1. The van der Waals surface area contributed by atoms with Crippen molar-refractivity contribution in [2.45, 2.75) is 51.1 Å². The molecule has 3 rings (SSSR count). The summed E-state index contributed by atoms with van der Waals surface area (Å²) in [6, 6.07) is 6.36. The second kappa shape index (κ2) is 13.1. The van der Waals surface area contributed by atoms with Crippen molar-refractivity contribution < 1.29 is 29.0 Å². The third-order valence-corrected chi connectivity index (χ3v) is 6.72. The number of carbonyl (C=O) groups excluding carboxylic acids is 3. The van der Waals surface area contributed by atoms with Crippen LogP contribution in [0.1, 0.15) is 55.3 Å². The Morgan fingerprint density at radius 1 is 1.11 bits per heavy atom. The molecule has 1 aromatic rings. The Morgan fingerprint density at radius 2 is 1.83 bits per heavy atom. The monoisotopic (exact) mass is 488 g/mol. The Bertz CT molecular complexity index is 884. The van der Waals surface area contributed by atoms with Gasteiger partial charge in [-0.05, 0) is 75.4 Å². The minimum Gasteiger partial charge on any atom is -0.497 e. The van der Waals surface area contributed by atoms with Crippen LogP contribution >= 0.6 is 0 Å². The fourth-order valence-electron chi connectivity index (χ4n) is 4.66. The number of amides is 3. The van der Waals surface area contributed by atoms with Crippen molar-refractivity contribution in [1.82, 2.24) is 20.9 Å². The highest BCUT2D eigenvalue weighted by Gasteiger charge is 2.30. The number of piperidine rings is 2. The number of carboxylic acid groups (broad SMARTS) is 1. The lowest BCUT2D eigenvalue weighted by Gasteiger charge is -2.33. The van der Waals surface area contributed by atoms with Crippen molar-refractivity contribution in [2.24, 2.45) is 11.8 Å². The minimum absolute atomic E-state index is 0.0657. The lowest BCUT2D eigenvalue weighted by Crippen LogP contribution is -2.53. The van der Waals surface area contributed by atoms with Gasteiger partial charge in [0.1, 0.15) is 11.9 Å². The zero-order chi connectivity index (χ0) is 25.2. The largest absolute Gasteiger partial charge is 0.497 e. The van der Waals surface area contributed by atoms with Gasteiger partial charge in [-0.25, -0.2) is 0 Å². The van der Waals surface area contributed by atoms with E-state index in [2.05, 4.69) is 16.0 Å². The number of nitrogens with one attached hydrogen (secondary N) is 3. The van der Waals surface area contributed by atoms with Gasteiger partial charge in [-0.3, -0.25) is 19.2 Å². The van der Waals surface area contributed by atoms with Crippen molar-refractivity contribution in [2.75, 3.05) is 33.3 Å². The van der Waals surface area contributed by atoms with Crippen LogP contribution in [-0.4, -0.2) is 73.2 Å². The number of carboxylic acids is 1. The van der Waals surface area contributed by atoms with E-state index in [4.69, 9.17) is 4.74 Å². The summed E-state index contributed by atoms with van der Waals surface area (Å²) in [5, 5.41) is 17.8. The number of aliphatic carboxylic acids is 1. The minimum atomic E-state index is -1.15. The molecule has 1 aromatic carbocycles. The van der Waals surface area contributed by atoms with Crippen LogP contribution in [0.3, 0.4) is 0 Å². The van der Waals surface area contributed by atoms with Crippen LogP contribution < -0.4 is 20.7 Å². The molecule has 2 heterocycles. The zero-order valence-corrected chi connectivity index (χ0v) is 20.3. The van der Waals surface area contributed by atoms with Crippen molar-refractivity contribution in [1.29, 1.82) is 0 Å². The van der Waals surface area contributed by atoms with E-state index in [1.807, 2.05) is 0 Å². The van der Waals surface area contributed by atoms with E-state index < -0.39 is 30.4 Å². The van der Waals surface area contributed by atoms with E-state index in [0.29, 0.717) is 49.6 Å². The number of hydrogen-bond donors (Lipinski definition) is 4. The van der Waals surface area contributed by atoms with Crippen LogP contribution in [0.25, 0.3) is 0 Å². The van der Waals surface area contributed by atoms with Crippen LogP contribution in [0.5, 0.6) is 5.75 Å². The molecule has 4 N–H and O–H groups in total. The molecule has 2 aliphatic rings. The third-order valence-electron chi connectivity index (χ3n) is 6.72. The zero-order valence-electron chi connectivity index (χ0n) is 20.3. The Hall–Kier alpha value is -3.14. The summed E-state index contributed by atoms with van der Waals surface area (Å²) in [4.78, 5) is 51.4. The van der Waals surface area contributed by atoms with Crippen LogP contribution in [0.2, 0.25) is 0 Å². The summed E-state index contributed by atoms with van der Waals surface area (Å²) in [5.41, 5.74) is 0.318. The van der Waals surface area contributed by atoms with Crippen molar-refractivity contribution in [3.63, 3.8) is 0 Å². The second-order valence-electron chi connectivity index (χ2n) is 9.27. The molecule has 2 atom stereocenters. The molecule has 2 aliphatic heterocycles. The molecule has 0 saturated carbocycles. The average molecular weight is 489 g/mol. The first-order valence-electron chi connectivity index (χ1n) is 12.3. The predicted molar refractivity (Wildman–Crippen MR) is 129 cm³/mol. The van der Waals surface area contributed by atoms with Crippen LogP contribution in [0, 0.1) is 11.8 Å². The molecule has 10 heteroatoms. The molecule has 10 nitrogen and oxygen atoms in total. The highest BCUT2D eigenvalue weighted by Crippen LogP contribution is 2.22. The Kier molecular flexibility index (Phi) is 9.89. The molecule has 3 amide bonds. The van der Waals surface area contributed by atoms with Gasteiger partial charge in [-0.1, -0.05) is 0 Å². The number of methoxy groups -OCH3 is 1. The number of carbonyl (C=O) groups is 4. The first-order valence-corrected chi connectivity index (χ1v) is 12.3. The molecule has 0 bridgehead atoms. The summed E-state index contributed by atoms with van der Waals surface area (Å²) in [6.45, 7) is 2.93. The summed E-state index contributed by atoms with van der Waals surface area (Å²) in [6.07, 6.45) is 3.32. The SMILES string of the molecule is COc1ccc(C(=O)N[C@H](CC(=O)O)NC(=O)[C@@H]2CCCN(C(=O)CCC3CCNCC3)C2)cc1. The summed E-state index contributed by atoms with van der Waals surface area (Å²) < 4.78 is 5.08. The molecular formula is C25H36N4O6. The Balaban J connectivity index is 1.53. The van der Waals surface area contributed by atoms with Crippen molar-refractivity contribution in [3.8, 4) is 5.75 Å². The quantitative estimate of drug-likeness (QED) is 0.365. The topological polar surface area (TPSA) is 137 Å². The molecule has 192 valence electrons. The lowest BCUT2D eigenvalue weighted by molar-refractivity contribution is -0.138. The van der Waals surface area contributed by atoms with Gasteiger partial charge in [0.2, 0.25) is 11.8 Å². The van der Waals surface area contributed by atoms with E-state index in [-0.39, 0.29) is 11.8 Å². The summed E-state index contributed by atoms with van der Waals surface area (Å²) in [5.74, 6) is -1.24. The molecule has 0 spiro atoms. The second-order valence-corrected chi connectivity index (χ2v) is 9.27. The Labute approximate surface area is 205 Å². The molecule has 35 heavy (non-hydrogen) atoms. The molecule has 0 radical (unpaired) electrons. The van der Waals surface area contributed by atoms with Gasteiger partial charge >= 0.3 is 5.97 Å². The van der Waals surface area contributed by atoms with E-state index in [9.17, 15) is 24.3 Å². The Morgan fingerprint density at radius 3 is 2.49 bits per heavy atom. The van der Waals surface area contributed by atoms with Gasteiger partial charge in [0.05, 0.1) is 19.4 Å². The number of hydrogen-bond acceptors (Lipinski definition) is 6. The van der Waals surface area contributed by atoms with Crippen LogP contribution in [-0.2, 0) is 14.4 Å². The predicted octanol–water partition coefficient (Wildman–Crippen LogP) is 1.36. The number of ether oxygens (including phenoxy) is 1. The standard InChI is InChI=1S/C25H36N4O6/c1-35-20-7-5-18(6-8-20)24(33)27-21(15-23(31)32)28-25(34)19-3-2-14-29(16-19)22(30)9-4-17-10-12-26-13-11-17/h5-8,17,19,21,26H,2-4,9-16H2,1H3,(H,27,33)(H,28,34)(H,31,32)/t19-,21+/m1/s1. The van der Waals surface area contributed by atoms with Gasteiger partial charge in [0, 0.05) is 25.1 Å². The first kappa shape index (κ1) is 26.5. The average Bonchev–Trinajstić information content (AvgIpc) is 2.87. The lowest BCUT2D eigenvalue weighted by atomic mass is 9.92. The van der Waals surface area contributed by atoms with Crippen LogP contribution in [0.4, 0.5) is 0 Å². The third kappa shape index (κ3) is 8.24. The summed E-state index contributed by atoms with van der Waals surface area (Å²) >= 11 is 0. The maximum absolute atomic E-state index is 12.9. The normalized spacial score (nSPS) is 19.5. The summed E-state index contributed by atoms with van der Waals surface area (Å²) in [7, 11) is 1.52. The van der Waals surface area contributed by atoms with Crippen LogP contribution in [0.15, 0.2) is 24.3 Å². The number of nitrogens with zero attached hydrogens (tertiary/aromatic N) is 1. The molecule has 0 aliphatic carbocycles. The fraction of sp³-hybridized carbons (Fsp3) is 0.600. The van der Waals surface area contributed by atoms with Gasteiger partial charge in [-0.2, -0.15) is 0 Å². The highest BCUT2D eigenvalue weighted by molar-refractivity contribution is 5.95. The van der Waals surface area contributed by atoms with Crippen molar-refractivity contribution in [3.05, 3.63) is 29.8 Å². The first-order chi connectivity index (χ1) is 16.9. The van der Waals surface area contributed by atoms with E-state index in [1.165, 1.54) is 7.11 Å². The number of rotatable bonds is 10. The maximum Gasteiger partial charge on any atom is 0.307 e. The van der Waals surface area contributed by atoms with Gasteiger partial charge in [-0.15, -0.1) is 0 Å². The number of benzene rings is 1. The fourth-order valence-corrected chi connectivity index (χ4v) is 4.66. The molecule has 0 unspecified atom stereocenters. The maximum atomic E-state index is 12.9. The molecule has 0 aromatic heterocycles. The molecule has 2 fully saturated rings. The van der Waals surface area contributed by atoms with Gasteiger partial charge in [0.15, 0.2) is 0 Å². The highest BCUT2D eigenvalue weighted by atomic mass is 16.5. The molecule has 2 saturated heterocycles. The van der Waals surface area contributed by atoms with E-state index in [0.717, 1.165) is 32.4 Å². The smallest absolute Gasteiger partial charge is 0.307 e. The van der Waals surface area contributed by atoms with Gasteiger partial charge in [0.25, 0.3) is 5.91 Å². The van der Waals surface area contributed by atoms with E-state index in [1.54, 1.807) is 29.2 Å². The molecular weight excluding hydrogens is 452 g/mol. The van der Waals surface area contributed by atoms with Crippen molar-refractivity contribution >= 4 is 23.7 Å². The van der Waals surface area contributed by atoms with E-state index >= 15 is 0 Å².